The van der Waals surface area contributed by atoms with Gasteiger partial charge < -0.3 is 10.1 Å². The zero-order valence-corrected chi connectivity index (χ0v) is 15.7. The lowest BCUT2D eigenvalue weighted by Crippen LogP contribution is -2.26. The Labute approximate surface area is 161 Å². The number of thioether (sulfide) groups is 1. The van der Waals surface area contributed by atoms with E-state index in [0.717, 1.165) is 24.2 Å². The van der Waals surface area contributed by atoms with Crippen LogP contribution < -0.4 is 5.32 Å². The Morgan fingerprint density at radius 3 is 2.74 bits per heavy atom. The molecule has 4 rings (SSSR count). The molecule has 1 atom stereocenters. The van der Waals surface area contributed by atoms with Gasteiger partial charge >= 0.3 is 5.97 Å². The molecule has 138 valence electrons. The number of benzene rings is 2. The third kappa shape index (κ3) is 3.62. The highest BCUT2D eigenvalue weighted by Crippen LogP contribution is 2.36. The number of amides is 1. The van der Waals surface area contributed by atoms with Crippen LogP contribution in [0.3, 0.4) is 0 Å². The second-order valence-electron chi connectivity index (χ2n) is 6.80. The molecule has 0 radical (unpaired) electrons. The molecule has 1 heterocycles. The van der Waals surface area contributed by atoms with Crippen molar-refractivity contribution in [1.29, 1.82) is 0 Å². The molecule has 0 bridgehead atoms. The zero-order valence-electron chi connectivity index (χ0n) is 14.9. The van der Waals surface area contributed by atoms with E-state index in [-0.39, 0.29) is 23.5 Å². The predicted octanol–water partition coefficient (Wildman–Crippen LogP) is 3.65. The van der Waals surface area contributed by atoms with E-state index in [1.165, 1.54) is 22.9 Å². The van der Waals surface area contributed by atoms with Gasteiger partial charge in [0.2, 0.25) is 5.91 Å². The molecule has 1 unspecified atom stereocenters. The van der Waals surface area contributed by atoms with Crippen molar-refractivity contribution in [3.63, 3.8) is 0 Å². The monoisotopic (exact) mass is 381 g/mol. The number of fused-ring (bicyclic) bond motifs is 2. The summed E-state index contributed by atoms with van der Waals surface area (Å²) in [5.74, 6) is -0.885. The van der Waals surface area contributed by atoms with E-state index in [1.807, 2.05) is 19.1 Å². The van der Waals surface area contributed by atoms with Gasteiger partial charge in [-0.05, 0) is 61.6 Å². The molecule has 5 nitrogen and oxygen atoms in total. The number of hydrogen-bond acceptors (Lipinski definition) is 5. The first-order valence-electron chi connectivity index (χ1n) is 8.95. The van der Waals surface area contributed by atoms with Crippen LogP contribution in [0.25, 0.3) is 0 Å². The first-order chi connectivity index (χ1) is 13.0. The van der Waals surface area contributed by atoms with Gasteiger partial charge in [0.1, 0.15) is 0 Å². The SMILES string of the molecule is CC1Sc2ccc(C(=O)OCC(=O)c3ccc4c(c3)CCC4)cc2NC1=O. The van der Waals surface area contributed by atoms with Crippen molar-refractivity contribution in [2.24, 2.45) is 0 Å². The molecule has 2 aliphatic rings. The number of ketones is 1. The minimum absolute atomic E-state index is 0.0928. The Bertz CT molecular complexity index is 953. The smallest absolute Gasteiger partial charge is 0.338 e. The topological polar surface area (TPSA) is 72.5 Å². The van der Waals surface area contributed by atoms with E-state index in [2.05, 4.69) is 5.32 Å². The number of nitrogens with one attached hydrogen (secondary N) is 1. The highest BCUT2D eigenvalue weighted by Gasteiger charge is 2.24. The van der Waals surface area contributed by atoms with Gasteiger partial charge in [-0.1, -0.05) is 12.1 Å². The van der Waals surface area contributed by atoms with Crippen LogP contribution in [-0.2, 0) is 22.4 Å². The Balaban J connectivity index is 1.41. The van der Waals surface area contributed by atoms with Crippen LogP contribution in [0.5, 0.6) is 0 Å². The normalized spacial score (nSPS) is 17.7. The number of aryl methyl sites for hydroxylation is 2. The largest absolute Gasteiger partial charge is 0.454 e. The average molecular weight is 381 g/mol. The molecule has 27 heavy (non-hydrogen) atoms. The fraction of sp³-hybridized carbons (Fsp3) is 0.286. The second kappa shape index (κ2) is 7.19. The second-order valence-corrected chi connectivity index (χ2v) is 8.18. The molecular formula is C21H19NO4S. The van der Waals surface area contributed by atoms with Gasteiger partial charge in [-0.2, -0.15) is 0 Å². The van der Waals surface area contributed by atoms with Crippen molar-refractivity contribution in [1.82, 2.24) is 0 Å². The molecule has 2 aromatic carbocycles. The number of rotatable bonds is 4. The lowest BCUT2D eigenvalue weighted by molar-refractivity contribution is -0.115. The van der Waals surface area contributed by atoms with Crippen molar-refractivity contribution in [3.05, 3.63) is 58.7 Å². The standard InChI is InChI=1S/C21H19NO4S/c1-12-20(24)22-17-10-16(7-8-19(17)27-12)21(25)26-11-18(23)15-6-5-13-3-2-4-14(13)9-15/h5-10,12H,2-4,11H2,1H3,(H,22,24). The molecule has 1 aliphatic carbocycles. The summed E-state index contributed by atoms with van der Waals surface area (Å²) in [6.07, 6.45) is 3.17. The summed E-state index contributed by atoms with van der Waals surface area (Å²) < 4.78 is 5.19. The number of carbonyl (C=O) groups excluding carboxylic acids is 3. The van der Waals surface area contributed by atoms with Crippen LogP contribution in [0, 0.1) is 0 Å². The molecular weight excluding hydrogens is 362 g/mol. The highest BCUT2D eigenvalue weighted by atomic mass is 32.2. The number of carbonyl (C=O) groups is 3. The maximum absolute atomic E-state index is 12.4. The van der Waals surface area contributed by atoms with Crippen LogP contribution >= 0.6 is 11.8 Å². The highest BCUT2D eigenvalue weighted by molar-refractivity contribution is 8.00. The van der Waals surface area contributed by atoms with Gasteiger partial charge in [0, 0.05) is 10.5 Å². The van der Waals surface area contributed by atoms with Crippen LogP contribution in [0.2, 0.25) is 0 Å². The number of Topliss-reactive ketones (excluding diaryl/α,β-unsaturated/α-hetero) is 1. The van der Waals surface area contributed by atoms with Crippen LogP contribution in [0.15, 0.2) is 41.3 Å². The van der Waals surface area contributed by atoms with Crippen molar-refractivity contribution in [2.75, 3.05) is 11.9 Å². The molecule has 0 fully saturated rings. The predicted molar refractivity (Wildman–Crippen MR) is 103 cm³/mol. The summed E-state index contributed by atoms with van der Waals surface area (Å²) >= 11 is 1.45. The maximum atomic E-state index is 12.4. The molecule has 0 aromatic heterocycles. The lowest BCUT2D eigenvalue weighted by Gasteiger charge is -2.21. The Kier molecular flexibility index (Phi) is 4.74. The van der Waals surface area contributed by atoms with Crippen LogP contribution in [-0.4, -0.2) is 29.5 Å². The lowest BCUT2D eigenvalue weighted by atomic mass is 10.0. The van der Waals surface area contributed by atoms with Crippen LogP contribution in [0.4, 0.5) is 5.69 Å². The Morgan fingerprint density at radius 1 is 1.11 bits per heavy atom. The minimum Gasteiger partial charge on any atom is -0.454 e. The molecule has 1 N–H and O–H groups in total. The Hall–Kier alpha value is -2.60. The summed E-state index contributed by atoms with van der Waals surface area (Å²) in [5.41, 5.74) is 4.00. The summed E-state index contributed by atoms with van der Waals surface area (Å²) in [6.45, 7) is 1.53. The van der Waals surface area contributed by atoms with Gasteiger partial charge in [0.05, 0.1) is 16.5 Å². The van der Waals surface area contributed by atoms with Gasteiger partial charge in [0.15, 0.2) is 12.4 Å². The third-order valence-electron chi connectivity index (χ3n) is 4.90. The van der Waals surface area contributed by atoms with E-state index < -0.39 is 5.97 Å². The minimum atomic E-state index is -0.579. The maximum Gasteiger partial charge on any atom is 0.338 e. The molecule has 2 aromatic rings. The molecule has 0 saturated carbocycles. The van der Waals surface area contributed by atoms with E-state index in [9.17, 15) is 14.4 Å². The van der Waals surface area contributed by atoms with E-state index in [0.29, 0.717) is 16.8 Å². The van der Waals surface area contributed by atoms with Gasteiger partial charge in [-0.25, -0.2) is 4.79 Å². The van der Waals surface area contributed by atoms with Gasteiger partial charge in [-0.3, -0.25) is 9.59 Å². The molecule has 0 saturated heterocycles. The van der Waals surface area contributed by atoms with Crippen molar-refractivity contribution in [3.8, 4) is 0 Å². The van der Waals surface area contributed by atoms with Gasteiger partial charge in [0.25, 0.3) is 0 Å². The number of anilines is 1. The first-order valence-corrected chi connectivity index (χ1v) is 9.83. The van der Waals surface area contributed by atoms with Crippen molar-refractivity contribution in [2.45, 2.75) is 36.3 Å². The molecule has 6 heteroatoms. The third-order valence-corrected chi connectivity index (χ3v) is 6.08. The van der Waals surface area contributed by atoms with Crippen molar-refractivity contribution < 1.29 is 19.1 Å². The van der Waals surface area contributed by atoms with E-state index in [4.69, 9.17) is 4.74 Å². The van der Waals surface area contributed by atoms with Crippen molar-refractivity contribution >= 4 is 35.1 Å². The quantitative estimate of drug-likeness (QED) is 0.647. The zero-order chi connectivity index (χ0) is 19.0. The van der Waals surface area contributed by atoms with E-state index in [1.54, 1.807) is 24.3 Å². The molecule has 0 spiro atoms. The molecule has 1 aliphatic heterocycles. The number of esters is 1. The summed E-state index contributed by atoms with van der Waals surface area (Å²) in [5, 5.41) is 2.62. The fourth-order valence-electron chi connectivity index (χ4n) is 3.38. The van der Waals surface area contributed by atoms with Crippen LogP contribution in [0.1, 0.15) is 45.2 Å². The Morgan fingerprint density at radius 2 is 1.89 bits per heavy atom. The van der Waals surface area contributed by atoms with E-state index >= 15 is 0 Å². The summed E-state index contributed by atoms with van der Waals surface area (Å²) in [7, 11) is 0. The number of ether oxygens (including phenoxy) is 1. The van der Waals surface area contributed by atoms with Gasteiger partial charge in [-0.15, -0.1) is 11.8 Å². The summed E-state index contributed by atoms with van der Waals surface area (Å²) in [6, 6.07) is 10.7. The number of hydrogen-bond donors (Lipinski definition) is 1. The fourth-order valence-corrected chi connectivity index (χ4v) is 4.31. The molecule has 1 amide bonds. The average Bonchev–Trinajstić information content (AvgIpc) is 3.14. The summed E-state index contributed by atoms with van der Waals surface area (Å²) in [4.78, 5) is 37.4. The first kappa shape index (κ1) is 17.8.